The molecule has 0 heterocycles. The summed E-state index contributed by atoms with van der Waals surface area (Å²) in [4.78, 5) is 12.0. The summed E-state index contributed by atoms with van der Waals surface area (Å²) in [6.07, 6.45) is 19.1. The number of carbonyl (C=O) groups excluding carboxylic acids is 1. The van der Waals surface area contributed by atoms with Crippen LogP contribution >= 0.6 is 0 Å². The van der Waals surface area contributed by atoms with Crippen LogP contribution in [0.15, 0.2) is 23.3 Å². The maximum Gasteiger partial charge on any atom is 0.156 e. The lowest BCUT2D eigenvalue weighted by atomic mass is 9.44. The summed E-state index contributed by atoms with van der Waals surface area (Å²) in [6, 6.07) is 0. The first kappa shape index (κ1) is 22.3. The van der Waals surface area contributed by atoms with E-state index in [2.05, 4.69) is 46.8 Å². The zero-order valence-electron chi connectivity index (χ0n) is 20.6. The summed E-state index contributed by atoms with van der Waals surface area (Å²) in [5.74, 6) is 5.13. The first-order valence-electron chi connectivity index (χ1n) is 13.1. The summed E-state index contributed by atoms with van der Waals surface area (Å²) in [7, 11) is 0. The zero-order chi connectivity index (χ0) is 21.7. The van der Waals surface area contributed by atoms with Crippen molar-refractivity contribution in [2.24, 2.45) is 46.3 Å². The zero-order valence-corrected chi connectivity index (χ0v) is 20.6. The van der Waals surface area contributed by atoms with Gasteiger partial charge in [-0.1, -0.05) is 58.3 Å². The van der Waals surface area contributed by atoms with Crippen molar-refractivity contribution in [3.63, 3.8) is 0 Å². The summed E-state index contributed by atoms with van der Waals surface area (Å²) in [5, 5.41) is 0. The van der Waals surface area contributed by atoms with Crippen LogP contribution in [0, 0.1) is 46.3 Å². The van der Waals surface area contributed by atoms with E-state index in [1.54, 1.807) is 6.92 Å². The quantitative estimate of drug-likeness (QED) is 0.337. The van der Waals surface area contributed by atoms with Crippen molar-refractivity contribution < 1.29 is 4.79 Å². The molecule has 0 bridgehead atoms. The van der Waals surface area contributed by atoms with E-state index in [0.717, 1.165) is 29.2 Å². The average molecular weight is 411 g/mol. The highest BCUT2D eigenvalue weighted by Gasteiger charge is 2.59. The summed E-state index contributed by atoms with van der Waals surface area (Å²) in [6.45, 7) is 13.6. The van der Waals surface area contributed by atoms with E-state index in [9.17, 15) is 4.79 Å². The molecule has 0 aliphatic heterocycles. The van der Waals surface area contributed by atoms with Gasteiger partial charge in [-0.05, 0) is 117 Å². The molecule has 7 unspecified atom stereocenters. The van der Waals surface area contributed by atoms with Gasteiger partial charge in [-0.25, -0.2) is 0 Å². The van der Waals surface area contributed by atoms with E-state index in [-0.39, 0.29) is 5.78 Å². The van der Waals surface area contributed by atoms with Crippen molar-refractivity contribution >= 4 is 5.78 Å². The van der Waals surface area contributed by atoms with Gasteiger partial charge in [0.1, 0.15) is 0 Å². The van der Waals surface area contributed by atoms with E-state index in [1.165, 1.54) is 69.8 Å². The smallest absolute Gasteiger partial charge is 0.156 e. The van der Waals surface area contributed by atoms with Gasteiger partial charge in [0.05, 0.1) is 0 Å². The molecular weight excluding hydrogens is 364 g/mol. The van der Waals surface area contributed by atoms with Gasteiger partial charge in [-0.3, -0.25) is 4.79 Å². The number of hydrogen-bond acceptors (Lipinski definition) is 1. The van der Waals surface area contributed by atoms with Crippen molar-refractivity contribution in [2.75, 3.05) is 0 Å². The average Bonchev–Trinajstić information content (AvgIpc) is 3.04. The van der Waals surface area contributed by atoms with Crippen LogP contribution in [-0.2, 0) is 4.79 Å². The maximum absolute atomic E-state index is 12.0. The highest BCUT2D eigenvalue weighted by Crippen LogP contribution is 2.68. The standard InChI is InChI=1S/C29H46O/c1-19(2)23(21(4)30)12-10-20(3)25-14-15-26-24-13-11-22-9-7-8-17-28(22,5)27(24)16-18-29(25,26)6/h10,12,19,22,24-27H,7-9,11,13-18H2,1-6H3. The molecule has 0 aromatic heterocycles. The van der Waals surface area contributed by atoms with Gasteiger partial charge in [-0.2, -0.15) is 0 Å². The highest BCUT2D eigenvalue weighted by molar-refractivity contribution is 5.93. The minimum absolute atomic E-state index is 0.225. The monoisotopic (exact) mass is 410 g/mol. The molecule has 0 amide bonds. The second-order valence-corrected chi connectivity index (χ2v) is 12.3. The third-order valence-electron chi connectivity index (χ3n) is 10.7. The van der Waals surface area contributed by atoms with Crippen LogP contribution in [0.3, 0.4) is 0 Å². The Morgan fingerprint density at radius 3 is 2.27 bits per heavy atom. The Hall–Kier alpha value is -0.850. The van der Waals surface area contributed by atoms with Crippen LogP contribution in [-0.4, -0.2) is 5.78 Å². The third kappa shape index (κ3) is 3.57. The first-order valence-corrected chi connectivity index (χ1v) is 13.1. The lowest BCUT2D eigenvalue weighted by Gasteiger charge is -2.60. The molecule has 0 N–H and O–H groups in total. The molecule has 30 heavy (non-hydrogen) atoms. The van der Waals surface area contributed by atoms with Crippen molar-refractivity contribution in [3.8, 4) is 0 Å². The fraction of sp³-hybridized carbons (Fsp3) is 0.828. The number of hydrogen-bond donors (Lipinski definition) is 0. The number of carbonyl (C=O) groups is 1. The minimum Gasteiger partial charge on any atom is -0.295 e. The Morgan fingerprint density at radius 1 is 0.833 bits per heavy atom. The number of rotatable bonds is 4. The molecule has 0 radical (unpaired) electrons. The predicted molar refractivity (Wildman–Crippen MR) is 127 cm³/mol. The van der Waals surface area contributed by atoms with E-state index >= 15 is 0 Å². The lowest BCUT2D eigenvalue weighted by molar-refractivity contribution is -0.114. The van der Waals surface area contributed by atoms with E-state index in [4.69, 9.17) is 0 Å². The molecular formula is C29H46O. The molecule has 1 nitrogen and oxygen atoms in total. The minimum atomic E-state index is 0.225. The molecule has 4 aliphatic carbocycles. The van der Waals surface area contributed by atoms with Crippen molar-refractivity contribution in [3.05, 3.63) is 23.3 Å². The largest absolute Gasteiger partial charge is 0.295 e. The van der Waals surface area contributed by atoms with E-state index in [0.29, 0.717) is 22.7 Å². The number of fused-ring (bicyclic) bond motifs is 5. The molecule has 0 spiro atoms. The first-order chi connectivity index (χ1) is 14.2. The highest BCUT2D eigenvalue weighted by atomic mass is 16.1. The molecule has 4 aliphatic rings. The second kappa shape index (κ2) is 8.25. The Bertz CT molecular complexity index is 727. The van der Waals surface area contributed by atoms with Crippen LogP contribution in [0.4, 0.5) is 0 Å². The van der Waals surface area contributed by atoms with Gasteiger partial charge in [0, 0.05) is 0 Å². The van der Waals surface area contributed by atoms with Crippen LogP contribution in [0.5, 0.6) is 0 Å². The maximum atomic E-state index is 12.0. The van der Waals surface area contributed by atoms with Crippen LogP contribution in [0.2, 0.25) is 0 Å². The Labute approximate surface area is 186 Å². The summed E-state index contributed by atoms with van der Waals surface area (Å²) >= 11 is 0. The Kier molecular flexibility index (Phi) is 6.15. The van der Waals surface area contributed by atoms with Gasteiger partial charge in [0.25, 0.3) is 0 Å². The normalized spacial score (nSPS) is 44.4. The molecule has 1 heteroatoms. The lowest BCUT2D eigenvalue weighted by Crippen LogP contribution is -2.52. The van der Waals surface area contributed by atoms with Crippen LogP contribution in [0.1, 0.15) is 106 Å². The van der Waals surface area contributed by atoms with E-state index < -0.39 is 0 Å². The third-order valence-corrected chi connectivity index (χ3v) is 10.7. The van der Waals surface area contributed by atoms with Crippen molar-refractivity contribution in [2.45, 2.75) is 106 Å². The Morgan fingerprint density at radius 2 is 1.57 bits per heavy atom. The van der Waals surface area contributed by atoms with Gasteiger partial charge in [-0.15, -0.1) is 0 Å². The van der Waals surface area contributed by atoms with Gasteiger partial charge in [0.15, 0.2) is 5.78 Å². The fourth-order valence-corrected chi connectivity index (χ4v) is 9.10. The van der Waals surface area contributed by atoms with Gasteiger partial charge >= 0.3 is 0 Å². The second-order valence-electron chi connectivity index (χ2n) is 12.3. The van der Waals surface area contributed by atoms with Gasteiger partial charge in [0.2, 0.25) is 0 Å². The van der Waals surface area contributed by atoms with E-state index in [1.807, 2.05) is 0 Å². The SMILES string of the molecule is CC(=O)C(=CC=C(C)C1CCC2C3CCC4CCCCC4(C)C3CCC12C)C(C)C. The summed E-state index contributed by atoms with van der Waals surface area (Å²) < 4.78 is 0. The molecule has 4 saturated carbocycles. The molecule has 4 rings (SSSR count). The van der Waals surface area contributed by atoms with Gasteiger partial charge < -0.3 is 0 Å². The van der Waals surface area contributed by atoms with Crippen LogP contribution < -0.4 is 0 Å². The fourth-order valence-electron chi connectivity index (χ4n) is 9.10. The molecule has 0 aromatic rings. The van der Waals surface area contributed by atoms with Crippen molar-refractivity contribution in [1.29, 1.82) is 0 Å². The molecule has 4 fully saturated rings. The van der Waals surface area contributed by atoms with Crippen molar-refractivity contribution in [1.82, 2.24) is 0 Å². The number of allylic oxidation sites excluding steroid dienone is 4. The molecule has 7 atom stereocenters. The number of Topliss-reactive ketones (excluding diaryl/α,β-unsaturated/α-hetero) is 1. The predicted octanol–water partition coefficient (Wildman–Crippen LogP) is 8.15. The molecule has 168 valence electrons. The Balaban J connectivity index is 1.56. The molecule has 0 aromatic carbocycles. The topological polar surface area (TPSA) is 17.1 Å². The molecule has 0 saturated heterocycles. The van der Waals surface area contributed by atoms with Crippen LogP contribution in [0.25, 0.3) is 0 Å². The number of ketones is 1. The summed E-state index contributed by atoms with van der Waals surface area (Å²) in [5.41, 5.74) is 3.61.